The summed E-state index contributed by atoms with van der Waals surface area (Å²) < 4.78 is 22.0. The van der Waals surface area contributed by atoms with Gasteiger partial charge in [0.25, 0.3) is 11.1 Å². The van der Waals surface area contributed by atoms with Crippen molar-refractivity contribution >= 4 is 11.8 Å². The minimum Gasteiger partial charge on any atom is -0.497 e. The van der Waals surface area contributed by atoms with E-state index in [0.29, 0.717) is 40.1 Å². The molecule has 28 heavy (non-hydrogen) atoms. The van der Waals surface area contributed by atoms with Crippen molar-refractivity contribution in [2.24, 2.45) is 0 Å². The molecule has 4 rings (SSSR count). The Morgan fingerprint density at radius 1 is 0.857 bits per heavy atom. The maximum absolute atomic E-state index is 5.66. The molecule has 0 aliphatic heterocycles. The molecule has 0 atom stereocenters. The van der Waals surface area contributed by atoms with E-state index in [9.17, 15) is 0 Å². The topological polar surface area (TPSA) is 96.3 Å². The normalized spacial score (nSPS) is 10.8. The van der Waals surface area contributed by atoms with Gasteiger partial charge in [0.05, 0.1) is 12.9 Å². The van der Waals surface area contributed by atoms with Gasteiger partial charge in [-0.2, -0.15) is 0 Å². The SMILES string of the molecule is COc1cccc(OCc2nnc(SCc3nnc(-c4ccccc4)o3)o2)c1. The van der Waals surface area contributed by atoms with Crippen LogP contribution in [0.5, 0.6) is 11.5 Å². The number of aromatic nitrogens is 4. The van der Waals surface area contributed by atoms with Gasteiger partial charge in [-0.15, -0.1) is 20.4 Å². The highest BCUT2D eigenvalue weighted by atomic mass is 32.2. The first kappa shape index (κ1) is 18.1. The monoisotopic (exact) mass is 396 g/mol. The first-order valence-corrected chi connectivity index (χ1v) is 9.38. The Morgan fingerprint density at radius 3 is 2.54 bits per heavy atom. The number of hydrogen-bond acceptors (Lipinski definition) is 9. The van der Waals surface area contributed by atoms with Crippen molar-refractivity contribution in [3.05, 3.63) is 66.4 Å². The second-order valence-corrected chi connectivity index (χ2v) is 6.51. The zero-order chi connectivity index (χ0) is 19.2. The molecule has 0 saturated carbocycles. The molecule has 0 bridgehead atoms. The first-order valence-electron chi connectivity index (χ1n) is 8.40. The van der Waals surface area contributed by atoms with Crippen molar-refractivity contribution in [3.63, 3.8) is 0 Å². The van der Waals surface area contributed by atoms with Crippen LogP contribution in [0.15, 0.2) is 68.7 Å². The zero-order valence-corrected chi connectivity index (χ0v) is 15.8. The van der Waals surface area contributed by atoms with Gasteiger partial charge in [-0.25, -0.2) is 0 Å². The Bertz CT molecular complexity index is 1040. The summed E-state index contributed by atoms with van der Waals surface area (Å²) >= 11 is 1.32. The van der Waals surface area contributed by atoms with Crippen molar-refractivity contribution in [3.8, 4) is 23.0 Å². The fraction of sp³-hybridized carbons (Fsp3) is 0.158. The summed E-state index contributed by atoms with van der Waals surface area (Å²) in [5.41, 5.74) is 0.876. The molecule has 2 aromatic heterocycles. The van der Waals surface area contributed by atoms with E-state index in [4.69, 9.17) is 18.3 Å². The number of methoxy groups -OCH3 is 1. The lowest BCUT2D eigenvalue weighted by Gasteiger charge is -2.05. The predicted molar refractivity (Wildman–Crippen MR) is 101 cm³/mol. The third-order valence-corrected chi connectivity index (χ3v) is 4.46. The Morgan fingerprint density at radius 2 is 1.68 bits per heavy atom. The smallest absolute Gasteiger partial charge is 0.277 e. The average molecular weight is 396 g/mol. The number of nitrogens with zero attached hydrogens (tertiary/aromatic N) is 4. The highest BCUT2D eigenvalue weighted by Gasteiger charge is 2.12. The number of benzene rings is 2. The molecule has 0 spiro atoms. The molecule has 0 aliphatic rings. The minimum absolute atomic E-state index is 0.166. The van der Waals surface area contributed by atoms with Gasteiger partial charge in [-0.1, -0.05) is 36.0 Å². The van der Waals surface area contributed by atoms with Crippen molar-refractivity contribution in [2.45, 2.75) is 17.6 Å². The summed E-state index contributed by atoms with van der Waals surface area (Å²) in [6.45, 7) is 0.166. The van der Waals surface area contributed by atoms with Crippen LogP contribution >= 0.6 is 11.8 Å². The summed E-state index contributed by atoms with van der Waals surface area (Å²) in [6, 6.07) is 16.9. The van der Waals surface area contributed by atoms with Crippen LogP contribution in [0, 0.1) is 0 Å². The van der Waals surface area contributed by atoms with E-state index >= 15 is 0 Å². The lowest BCUT2D eigenvalue weighted by atomic mass is 10.2. The first-order chi connectivity index (χ1) is 13.8. The van der Waals surface area contributed by atoms with Crippen molar-refractivity contribution in [1.82, 2.24) is 20.4 Å². The Labute approximate surface area is 164 Å². The van der Waals surface area contributed by atoms with E-state index in [1.165, 1.54) is 11.8 Å². The molecule has 0 N–H and O–H groups in total. The molecule has 9 heteroatoms. The van der Waals surface area contributed by atoms with Crippen molar-refractivity contribution in [2.75, 3.05) is 7.11 Å². The van der Waals surface area contributed by atoms with E-state index in [2.05, 4.69) is 20.4 Å². The molecule has 0 aliphatic carbocycles. The molecule has 0 fully saturated rings. The number of ether oxygens (including phenoxy) is 2. The van der Waals surface area contributed by atoms with Crippen LogP contribution in [0.4, 0.5) is 0 Å². The average Bonchev–Trinajstić information content (AvgIpc) is 3.41. The van der Waals surface area contributed by atoms with Gasteiger partial charge in [0.2, 0.25) is 11.8 Å². The van der Waals surface area contributed by atoms with Gasteiger partial charge in [0.1, 0.15) is 11.5 Å². The van der Waals surface area contributed by atoms with Gasteiger partial charge in [0.15, 0.2) is 6.61 Å². The second kappa shape index (κ2) is 8.57. The second-order valence-electron chi connectivity index (χ2n) is 5.59. The quantitative estimate of drug-likeness (QED) is 0.409. The third-order valence-electron chi connectivity index (χ3n) is 3.66. The van der Waals surface area contributed by atoms with E-state index in [1.54, 1.807) is 13.2 Å². The Hall–Kier alpha value is -3.33. The Balaban J connectivity index is 1.31. The van der Waals surface area contributed by atoms with Gasteiger partial charge < -0.3 is 18.3 Å². The highest BCUT2D eigenvalue weighted by Crippen LogP contribution is 2.24. The van der Waals surface area contributed by atoms with E-state index in [-0.39, 0.29) is 6.61 Å². The highest BCUT2D eigenvalue weighted by molar-refractivity contribution is 7.98. The van der Waals surface area contributed by atoms with Crippen LogP contribution in [-0.2, 0) is 12.4 Å². The summed E-state index contributed by atoms with van der Waals surface area (Å²) in [7, 11) is 1.60. The van der Waals surface area contributed by atoms with Crippen LogP contribution in [-0.4, -0.2) is 27.5 Å². The molecule has 142 valence electrons. The van der Waals surface area contributed by atoms with Gasteiger partial charge in [0, 0.05) is 11.6 Å². The fourth-order valence-electron chi connectivity index (χ4n) is 2.32. The maximum atomic E-state index is 5.66. The maximum Gasteiger partial charge on any atom is 0.277 e. The van der Waals surface area contributed by atoms with Gasteiger partial charge in [-0.3, -0.25) is 0 Å². The van der Waals surface area contributed by atoms with Crippen LogP contribution in [0.1, 0.15) is 11.8 Å². The number of rotatable bonds is 8. The van der Waals surface area contributed by atoms with Crippen LogP contribution in [0.2, 0.25) is 0 Å². The fourth-order valence-corrected chi connectivity index (χ4v) is 2.94. The number of thioether (sulfide) groups is 1. The summed E-state index contributed by atoms with van der Waals surface area (Å²) in [4.78, 5) is 0. The van der Waals surface area contributed by atoms with Crippen LogP contribution in [0.3, 0.4) is 0 Å². The van der Waals surface area contributed by atoms with E-state index < -0.39 is 0 Å². The Kier molecular flexibility index (Phi) is 5.53. The zero-order valence-electron chi connectivity index (χ0n) is 14.9. The standard InChI is InChI=1S/C19H16N4O4S/c1-24-14-8-5-9-15(10-14)25-11-16-20-23-19(27-16)28-12-17-21-22-18(26-17)13-6-3-2-4-7-13/h2-10H,11-12H2,1H3. The van der Waals surface area contributed by atoms with Gasteiger partial charge in [-0.05, 0) is 24.3 Å². The lowest BCUT2D eigenvalue weighted by molar-refractivity contribution is 0.251. The molecule has 0 radical (unpaired) electrons. The molecule has 0 saturated heterocycles. The van der Waals surface area contributed by atoms with Gasteiger partial charge >= 0.3 is 0 Å². The molecular formula is C19H16N4O4S. The molecule has 0 unspecified atom stereocenters. The number of hydrogen-bond donors (Lipinski definition) is 0. The van der Waals surface area contributed by atoms with Crippen molar-refractivity contribution in [1.29, 1.82) is 0 Å². The molecule has 4 aromatic rings. The third kappa shape index (κ3) is 4.49. The molecular weight excluding hydrogens is 380 g/mol. The van der Waals surface area contributed by atoms with Crippen molar-refractivity contribution < 1.29 is 18.3 Å². The largest absolute Gasteiger partial charge is 0.497 e. The molecule has 0 amide bonds. The molecule has 2 aromatic carbocycles. The summed E-state index contributed by atoms with van der Waals surface area (Å²) in [5, 5.41) is 16.5. The van der Waals surface area contributed by atoms with Crippen LogP contribution < -0.4 is 9.47 Å². The van der Waals surface area contributed by atoms with E-state index in [1.807, 2.05) is 48.5 Å². The molecule has 8 nitrogen and oxygen atoms in total. The van der Waals surface area contributed by atoms with E-state index in [0.717, 1.165) is 5.56 Å². The summed E-state index contributed by atoms with van der Waals surface area (Å²) in [6.07, 6.45) is 0. The summed E-state index contributed by atoms with van der Waals surface area (Å²) in [5.74, 6) is 3.14. The predicted octanol–water partition coefficient (Wildman–Crippen LogP) is 4.00. The van der Waals surface area contributed by atoms with Crippen LogP contribution in [0.25, 0.3) is 11.5 Å². The minimum atomic E-state index is 0.166. The molecule has 2 heterocycles. The lowest BCUT2D eigenvalue weighted by Crippen LogP contribution is -1.96.